The third-order valence-corrected chi connectivity index (χ3v) is 8.41. The Kier molecular flexibility index (Phi) is 6.55. The lowest BCUT2D eigenvalue weighted by Gasteiger charge is -2.11. The van der Waals surface area contributed by atoms with E-state index in [1.54, 1.807) is 13.1 Å². The first kappa shape index (κ1) is 22.4. The van der Waals surface area contributed by atoms with E-state index in [1.165, 1.54) is 48.5 Å². The van der Waals surface area contributed by atoms with Crippen LogP contribution in [0.15, 0.2) is 68.6 Å². The second-order valence-corrected chi connectivity index (χ2v) is 11.1. The van der Waals surface area contributed by atoms with Gasteiger partial charge in [0.05, 0.1) is 14.8 Å². The molecule has 3 rings (SSSR count). The zero-order valence-corrected chi connectivity index (χ0v) is 18.1. The van der Waals surface area contributed by atoms with E-state index in [2.05, 4.69) is 5.32 Å². The Hall–Kier alpha value is -1.94. The van der Waals surface area contributed by atoms with Crippen LogP contribution >= 0.6 is 23.7 Å². The lowest BCUT2D eigenvalue weighted by molar-refractivity contribution is 0.596. The van der Waals surface area contributed by atoms with Crippen LogP contribution in [0.5, 0.6) is 0 Å². The van der Waals surface area contributed by atoms with Crippen LogP contribution in [0.2, 0.25) is 0 Å². The Labute approximate surface area is 173 Å². The van der Waals surface area contributed by atoms with Gasteiger partial charge in [-0.3, -0.25) is 0 Å². The lowest BCUT2D eigenvalue weighted by atomic mass is 10.1. The molecule has 10 heteroatoms. The average molecular weight is 462 g/mol. The molecule has 1 aromatic heterocycles. The minimum absolute atomic E-state index is 0. The zero-order valence-electron chi connectivity index (χ0n) is 14.8. The fraction of sp³-hybridized carbons (Fsp3) is 0.111. The topological polar surface area (TPSA) is 80.3 Å². The van der Waals surface area contributed by atoms with E-state index >= 15 is 0 Å². The van der Waals surface area contributed by atoms with Crippen LogP contribution in [0.1, 0.15) is 0 Å². The summed E-state index contributed by atoms with van der Waals surface area (Å²) in [6.45, 7) is 0. The van der Waals surface area contributed by atoms with Crippen LogP contribution in [-0.2, 0) is 19.7 Å². The molecule has 2 aromatic carbocycles. The van der Waals surface area contributed by atoms with E-state index in [0.717, 1.165) is 17.6 Å². The van der Waals surface area contributed by atoms with Gasteiger partial charge >= 0.3 is 0 Å². The van der Waals surface area contributed by atoms with Gasteiger partial charge in [0.25, 0.3) is 0 Å². The summed E-state index contributed by atoms with van der Waals surface area (Å²) < 4.78 is 63.5. The van der Waals surface area contributed by atoms with Gasteiger partial charge < -0.3 is 5.32 Å². The van der Waals surface area contributed by atoms with Crippen molar-refractivity contribution in [2.45, 2.75) is 14.0 Å². The molecule has 28 heavy (non-hydrogen) atoms. The first-order valence-electron chi connectivity index (χ1n) is 7.75. The molecule has 1 N–H and O–H groups in total. The largest absolute Gasteiger partial charge is 0.380 e. The minimum atomic E-state index is -3.82. The average Bonchev–Trinajstić information content (AvgIpc) is 3.11. The van der Waals surface area contributed by atoms with Crippen molar-refractivity contribution >= 4 is 48.4 Å². The third-order valence-electron chi connectivity index (χ3n) is 3.91. The summed E-state index contributed by atoms with van der Waals surface area (Å²) in [7, 11) is -5.74. The molecule has 0 unspecified atom stereocenters. The van der Waals surface area contributed by atoms with Crippen LogP contribution in [-0.4, -0.2) is 30.1 Å². The Morgan fingerprint density at radius 3 is 2.11 bits per heavy atom. The van der Waals surface area contributed by atoms with E-state index in [0.29, 0.717) is 10.6 Å². The molecule has 0 saturated carbocycles. The standard InChI is InChI=1S/C18H16FNO4S3.ClH/c1-20-17-9-10-18(25-17)27(23,24)14-7-8-16(26(2,21)22)15(11-14)12-3-5-13(19)6-4-12;/h3-11,20H,1-2H3;1H. The van der Waals surface area contributed by atoms with Crippen molar-refractivity contribution in [2.75, 3.05) is 18.6 Å². The van der Waals surface area contributed by atoms with Gasteiger partial charge in [-0.1, -0.05) is 12.1 Å². The number of hydrogen-bond donors (Lipinski definition) is 1. The van der Waals surface area contributed by atoms with E-state index in [4.69, 9.17) is 0 Å². The van der Waals surface area contributed by atoms with Crippen molar-refractivity contribution in [3.05, 3.63) is 60.4 Å². The molecular formula is C18H17ClFNO4S3. The molecule has 5 nitrogen and oxygen atoms in total. The lowest BCUT2D eigenvalue weighted by Crippen LogP contribution is -2.04. The number of nitrogens with one attached hydrogen (secondary N) is 1. The van der Waals surface area contributed by atoms with E-state index in [1.807, 2.05) is 0 Å². The van der Waals surface area contributed by atoms with Crippen molar-refractivity contribution in [3.8, 4) is 11.1 Å². The second-order valence-electron chi connectivity index (χ2n) is 5.81. The Morgan fingerprint density at radius 2 is 1.57 bits per heavy atom. The molecule has 1 heterocycles. The quantitative estimate of drug-likeness (QED) is 0.614. The van der Waals surface area contributed by atoms with Crippen molar-refractivity contribution in [3.63, 3.8) is 0 Å². The molecule has 0 aliphatic heterocycles. The minimum Gasteiger partial charge on any atom is -0.380 e. The van der Waals surface area contributed by atoms with E-state index < -0.39 is 25.5 Å². The molecule has 0 radical (unpaired) electrons. The highest BCUT2D eigenvalue weighted by molar-refractivity contribution is 7.93. The fourth-order valence-corrected chi connectivity index (χ4v) is 6.05. The predicted molar refractivity (Wildman–Crippen MR) is 112 cm³/mol. The molecule has 0 fully saturated rings. The number of rotatable bonds is 5. The molecule has 150 valence electrons. The van der Waals surface area contributed by atoms with Gasteiger partial charge in [-0.15, -0.1) is 23.7 Å². The number of benzene rings is 2. The van der Waals surface area contributed by atoms with Crippen LogP contribution in [0.4, 0.5) is 9.39 Å². The summed E-state index contributed by atoms with van der Waals surface area (Å²) in [4.78, 5) is -0.0473. The summed E-state index contributed by atoms with van der Waals surface area (Å²) in [6, 6.07) is 12.2. The number of sulfone groups is 2. The highest BCUT2D eigenvalue weighted by atomic mass is 35.5. The van der Waals surface area contributed by atoms with Gasteiger partial charge in [-0.05, 0) is 48.0 Å². The smallest absolute Gasteiger partial charge is 0.216 e. The van der Waals surface area contributed by atoms with Crippen LogP contribution in [0.25, 0.3) is 11.1 Å². The van der Waals surface area contributed by atoms with E-state index in [-0.39, 0.29) is 32.0 Å². The maximum Gasteiger partial charge on any atom is 0.216 e. The molecule has 0 aliphatic rings. The molecule has 0 spiro atoms. The predicted octanol–water partition coefficient (Wildman–Crippen LogP) is 4.25. The second kappa shape index (κ2) is 8.20. The van der Waals surface area contributed by atoms with Crippen molar-refractivity contribution < 1.29 is 21.2 Å². The molecular weight excluding hydrogens is 445 g/mol. The van der Waals surface area contributed by atoms with Gasteiger partial charge in [-0.25, -0.2) is 21.2 Å². The first-order valence-corrected chi connectivity index (χ1v) is 11.9. The molecule has 0 bridgehead atoms. The monoisotopic (exact) mass is 461 g/mol. The number of thiophene rings is 1. The van der Waals surface area contributed by atoms with E-state index in [9.17, 15) is 21.2 Å². The van der Waals surface area contributed by atoms with Crippen LogP contribution in [0, 0.1) is 5.82 Å². The van der Waals surface area contributed by atoms with Crippen LogP contribution in [0.3, 0.4) is 0 Å². The zero-order chi connectivity index (χ0) is 19.8. The van der Waals surface area contributed by atoms with Gasteiger partial charge in [0, 0.05) is 18.9 Å². The van der Waals surface area contributed by atoms with Gasteiger partial charge in [0.2, 0.25) is 9.84 Å². The molecule has 0 aliphatic carbocycles. The molecule has 3 aromatic rings. The Bertz CT molecular complexity index is 1200. The summed E-state index contributed by atoms with van der Waals surface area (Å²) >= 11 is 1.08. The summed E-state index contributed by atoms with van der Waals surface area (Å²) in [5.41, 5.74) is 0.625. The van der Waals surface area contributed by atoms with Crippen LogP contribution < -0.4 is 5.32 Å². The summed E-state index contributed by atoms with van der Waals surface area (Å²) in [6.07, 6.45) is 1.04. The summed E-state index contributed by atoms with van der Waals surface area (Å²) in [5.74, 6) is -0.471. The number of halogens is 2. The SMILES string of the molecule is CNc1ccc(S(=O)(=O)c2ccc(S(C)(=O)=O)c(-c3ccc(F)cc3)c2)s1.Cl. The maximum absolute atomic E-state index is 13.2. The molecule has 0 amide bonds. The highest BCUT2D eigenvalue weighted by Gasteiger charge is 2.23. The summed E-state index contributed by atoms with van der Waals surface area (Å²) in [5, 5.41) is 3.58. The normalized spacial score (nSPS) is 11.7. The Morgan fingerprint density at radius 1 is 0.929 bits per heavy atom. The third kappa shape index (κ3) is 4.38. The van der Waals surface area contributed by atoms with Crippen molar-refractivity contribution in [2.24, 2.45) is 0 Å². The van der Waals surface area contributed by atoms with Crippen molar-refractivity contribution in [1.82, 2.24) is 0 Å². The fourth-order valence-electron chi connectivity index (χ4n) is 2.57. The number of hydrogen-bond acceptors (Lipinski definition) is 6. The maximum atomic E-state index is 13.2. The van der Waals surface area contributed by atoms with Gasteiger partial charge in [-0.2, -0.15) is 0 Å². The van der Waals surface area contributed by atoms with Crippen molar-refractivity contribution in [1.29, 1.82) is 0 Å². The first-order chi connectivity index (χ1) is 12.6. The van der Waals surface area contributed by atoms with Gasteiger partial charge in [0.15, 0.2) is 9.84 Å². The molecule has 0 atom stereocenters. The number of anilines is 1. The highest BCUT2D eigenvalue weighted by Crippen LogP contribution is 2.35. The van der Waals surface area contributed by atoms with Gasteiger partial charge in [0.1, 0.15) is 10.0 Å². The Balaban J connectivity index is 0.00000280. The molecule has 0 saturated heterocycles.